The Morgan fingerprint density at radius 2 is 1.57 bits per heavy atom. The molecule has 0 saturated carbocycles. The molecule has 0 spiro atoms. The van der Waals surface area contributed by atoms with Gasteiger partial charge in [-0.1, -0.05) is 36.0 Å². The lowest BCUT2D eigenvalue weighted by molar-refractivity contribution is -0.134. The maximum absolute atomic E-state index is 12.0. The topological polar surface area (TPSA) is 46.6 Å². The minimum absolute atomic E-state index is 0.154. The van der Waals surface area contributed by atoms with Crippen molar-refractivity contribution in [3.8, 4) is 0 Å². The van der Waals surface area contributed by atoms with Gasteiger partial charge in [-0.15, -0.1) is 0 Å². The summed E-state index contributed by atoms with van der Waals surface area (Å²) >= 11 is 11.7. The molecule has 1 aromatic rings. The molecule has 21 heavy (non-hydrogen) atoms. The Morgan fingerprint density at radius 3 is 2.14 bits per heavy atom. The van der Waals surface area contributed by atoms with E-state index in [2.05, 4.69) is 0 Å². The van der Waals surface area contributed by atoms with Crippen LogP contribution in [0.1, 0.15) is 36.0 Å². The molecule has 0 radical (unpaired) electrons. The van der Waals surface area contributed by atoms with Crippen molar-refractivity contribution in [1.82, 2.24) is 4.90 Å². The summed E-state index contributed by atoms with van der Waals surface area (Å²) < 4.78 is 5.05. The van der Waals surface area contributed by atoms with Crippen LogP contribution in [0.4, 0.5) is 0 Å². The van der Waals surface area contributed by atoms with Gasteiger partial charge in [0.25, 0.3) is 5.91 Å². The summed E-state index contributed by atoms with van der Waals surface area (Å²) in [6.07, 6.45) is 4.29. The summed E-state index contributed by atoms with van der Waals surface area (Å²) in [5, 5.41) is 0.710. The number of ether oxygens (including phenoxy) is 1. The van der Waals surface area contributed by atoms with Crippen molar-refractivity contribution in [2.75, 3.05) is 19.7 Å². The first-order chi connectivity index (χ1) is 10.1. The Balaban J connectivity index is 1.89. The van der Waals surface area contributed by atoms with Gasteiger partial charge in [0.1, 0.15) is 0 Å². The Hall–Kier alpha value is -1.26. The molecule has 0 aliphatic carbocycles. The van der Waals surface area contributed by atoms with Crippen molar-refractivity contribution in [2.45, 2.75) is 25.7 Å². The number of halogens is 2. The zero-order valence-corrected chi connectivity index (χ0v) is 13.1. The Labute approximate surface area is 134 Å². The van der Waals surface area contributed by atoms with E-state index in [1.54, 1.807) is 4.90 Å². The Kier molecular flexibility index (Phi) is 5.88. The zero-order valence-electron chi connectivity index (χ0n) is 11.6. The van der Waals surface area contributed by atoms with Crippen molar-refractivity contribution in [2.24, 2.45) is 0 Å². The summed E-state index contributed by atoms with van der Waals surface area (Å²) in [4.78, 5) is 25.7. The molecule has 1 aliphatic rings. The van der Waals surface area contributed by atoms with Gasteiger partial charge in [0.05, 0.1) is 5.56 Å². The third kappa shape index (κ3) is 4.90. The molecule has 1 aliphatic heterocycles. The number of rotatable bonds is 3. The van der Waals surface area contributed by atoms with E-state index in [0.29, 0.717) is 10.0 Å². The first-order valence-electron chi connectivity index (χ1n) is 6.97. The maximum Gasteiger partial charge on any atom is 0.338 e. The molecule has 0 N–H and O–H groups in total. The molecular weight excluding hydrogens is 313 g/mol. The largest absolute Gasteiger partial charge is 0.452 e. The van der Waals surface area contributed by atoms with Crippen LogP contribution in [0.15, 0.2) is 18.2 Å². The third-order valence-electron chi connectivity index (χ3n) is 3.38. The summed E-state index contributed by atoms with van der Waals surface area (Å²) in [5.74, 6) is -0.749. The SMILES string of the molecule is O=C(OCC(=O)N1CCCCCC1)c1cc(Cl)cc(Cl)c1. The van der Waals surface area contributed by atoms with Gasteiger partial charge in [-0.25, -0.2) is 4.79 Å². The highest BCUT2D eigenvalue weighted by atomic mass is 35.5. The van der Waals surface area contributed by atoms with Gasteiger partial charge in [0.15, 0.2) is 6.61 Å². The molecule has 1 saturated heterocycles. The minimum Gasteiger partial charge on any atom is -0.452 e. The van der Waals surface area contributed by atoms with Crippen LogP contribution in [0.3, 0.4) is 0 Å². The predicted molar refractivity (Wildman–Crippen MR) is 81.8 cm³/mol. The number of carbonyl (C=O) groups excluding carboxylic acids is 2. The summed E-state index contributed by atoms with van der Waals surface area (Å²) in [7, 11) is 0. The van der Waals surface area contributed by atoms with Gasteiger partial charge in [0, 0.05) is 23.1 Å². The average molecular weight is 330 g/mol. The number of nitrogens with zero attached hydrogens (tertiary/aromatic N) is 1. The van der Waals surface area contributed by atoms with Gasteiger partial charge in [-0.05, 0) is 31.0 Å². The van der Waals surface area contributed by atoms with Gasteiger partial charge < -0.3 is 9.64 Å². The number of hydrogen-bond acceptors (Lipinski definition) is 3. The lowest BCUT2D eigenvalue weighted by atomic mass is 10.2. The first kappa shape index (κ1) is 16.1. The third-order valence-corrected chi connectivity index (χ3v) is 3.82. The quantitative estimate of drug-likeness (QED) is 0.796. The number of likely N-dealkylation sites (tertiary alicyclic amines) is 1. The molecule has 114 valence electrons. The van der Waals surface area contributed by atoms with E-state index >= 15 is 0 Å². The van der Waals surface area contributed by atoms with Crippen LogP contribution >= 0.6 is 23.2 Å². The molecule has 1 fully saturated rings. The van der Waals surface area contributed by atoms with Crippen LogP contribution in [0.5, 0.6) is 0 Å². The van der Waals surface area contributed by atoms with Gasteiger partial charge in [0.2, 0.25) is 0 Å². The van der Waals surface area contributed by atoms with E-state index in [4.69, 9.17) is 27.9 Å². The van der Waals surface area contributed by atoms with E-state index in [-0.39, 0.29) is 18.1 Å². The standard InChI is InChI=1S/C15H17Cl2NO3/c16-12-7-11(8-13(17)9-12)15(20)21-10-14(19)18-5-3-1-2-4-6-18/h7-9H,1-6,10H2. The molecule has 1 heterocycles. The van der Waals surface area contributed by atoms with Crippen molar-refractivity contribution < 1.29 is 14.3 Å². The van der Waals surface area contributed by atoms with Crippen molar-refractivity contribution >= 4 is 35.1 Å². The molecule has 0 aromatic heterocycles. The molecule has 0 atom stereocenters. The van der Waals surface area contributed by atoms with Crippen LogP contribution in [-0.4, -0.2) is 36.5 Å². The highest BCUT2D eigenvalue weighted by molar-refractivity contribution is 6.35. The van der Waals surface area contributed by atoms with Crippen LogP contribution in [0.2, 0.25) is 10.0 Å². The molecule has 1 aromatic carbocycles. The van der Waals surface area contributed by atoms with E-state index < -0.39 is 5.97 Å². The number of benzene rings is 1. The minimum atomic E-state index is -0.595. The lowest BCUT2D eigenvalue weighted by Crippen LogP contribution is -2.35. The molecular formula is C15H17Cl2NO3. The second kappa shape index (κ2) is 7.66. The second-order valence-corrected chi connectivity index (χ2v) is 5.90. The second-order valence-electron chi connectivity index (χ2n) is 5.03. The van der Waals surface area contributed by atoms with Gasteiger partial charge in [-0.3, -0.25) is 4.79 Å². The predicted octanol–water partition coefficient (Wildman–Crippen LogP) is 3.55. The monoisotopic (exact) mass is 329 g/mol. The number of carbonyl (C=O) groups is 2. The normalized spacial score (nSPS) is 15.4. The summed E-state index contributed by atoms with van der Waals surface area (Å²) in [6.45, 7) is 1.22. The van der Waals surface area contributed by atoms with E-state index in [1.165, 1.54) is 18.2 Å². The first-order valence-corrected chi connectivity index (χ1v) is 7.73. The molecule has 2 rings (SSSR count). The van der Waals surface area contributed by atoms with E-state index in [1.807, 2.05) is 0 Å². The van der Waals surface area contributed by atoms with Gasteiger partial charge >= 0.3 is 5.97 Å². The lowest BCUT2D eigenvalue weighted by Gasteiger charge is -2.19. The van der Waals surface area contributed by atoms with Crippen LogP contribution < -0.4 is 0 Å². The fourth-order valence-electron chi connectivity index (χ4n) is 2.29. The van der Waals surface area contributed by atoms with Crippen molar-refractivity contribution in [3.05, 3.63) is 33.8 Å². The van der Waals surface area contributed by atoms with Crippen molar-refractivity contribution in [1.29, 1.82) is 0 Å². The molecule has 0 bridgehead atoms. The molecule has 1 amide bonds. The molecule has 4 nitrogen and oxygen atoms in total. The fourth-order valence-corrected chi connectivity index (χ4v) is 2.82. The van der Waals surface area contributed by atoms with Crippen LogP contribution in [0, 0.1) is 0 Å². The number of amides is 1. The Morgan fingerprint density at radius 1 is 1.00 bits per heavy atom. The highest BCUT2D eigenvalue weighted by Gasteiger charge is 2.18. The Bertz CT molecular complexity index is 505. The highest BCUT2D eigenvalue weighted by Crippen LogP contribution is 2.19. The number of esters is 1. The maximum atomic E-state index is 12.0. The molecule has 6 heteroatoms. The fraction of sp³-hybridized carbons (Fsp3) is 0.467. The smallest absolute Gasteiger partial charge is 0.338 e. The zero-order chi connectivity index (χ0) is 15.2. The van der Waals surface area contributed by atoms with Crippen molar-refractivity contribution in [3.63, 3.8) is 0 Å². The summed E-state index contributed by atoms with van der Waals surface area (Å²) in [6, 6.07) is 4.46. The average Bonchev–Trinajstić information content (AvgIpc) is 2.72. The number of hydrogen-bond donors (Lipinski definition) is 0. The van der Waals surface area contributed by atoms with Crippen LogP contribution in [0.25, 0.3) is 0 Å². The van der Waals surface area contributed by atoms with E-state index in [0.717, 1.165) is 38.8 Å². The van der Waals surface area contributed by atoms with E-state index in [9.17, 15) is 9.59 Å². The molecule has 0 unspecified atom stereocenters. The summed E-state index contributed by atoms with van der Waals surface area (Å²) in [5.41, 5.74) is 0.246. The van der Waals surface area contributed by atoms with Crippen LogP contribution in [-0.2, 0) is 9.53 Å². The van der Waals surface area contributed by atoms with Gasteiger partial charge in [-0.2, -0.15) is 0 Å².